The van der Waals surface area contributed by atoms with Crippen LogP contribution in [-0.4, -0.2) is 30.3 Å². The van der Waals surface area contributed by atoms with Crippen molar-refractivity contribution in [2.24, 2.45) is 0 Å². The van der Waals surface area contributed by atoms with Crippen molar-refractivity contribution in [3.8, 4) is 0 Å². The molecule has 1 aromatic heterocycles. The molecule has 1 aromatic carbocycles. The first-order valence-corrected chi connectivity index (χ1v) is 9.02. The second-order valence-corrected chi connectivity index (χ2v) is 7.98. The normalized spacial score (nSPS) is 10.8. The van der Waals surface area contributed by atoms with Gasteiger partial charge in [0.1, 0.15) is 0 Å². The minimum absolute atomic E-state index is 0.00504. The number of likely N-dealkylation sites (N-methyl/N-ethyl adjacent to an activating group) is 1. The molecule has 0 saturated carbocycles. The summed E-state index contributed by atoms with van der Waals surface area (Å²) in [5, 5.41) is 2.88. The monoisotopic (exact) mass is 406 g/mol. The molecule has 2 amide bonds. The molecule has 0 radical (unpaired) electrons. The first-order chi connectivity index (χ1) is 11.4. The second-order valence-electron chi connectivity index (χ2n) is 5.48. The van der Waals surface area contributed by atoms with Crippen LogP contribution in [0.4, 0.5) is 5.69 Å². The van der Waals surface area contributed by atoms with E-state index in [9.17, 15) is 9.59 Å². The summed E-state index contributed by atoms with van der Waals surface area (Å²) in [5.74, 6) is -0.424. The van der Waals surface area contributed by atoms with E-state index in [1.165, 1.54) is 11.0 Å². The topological polar surface area (TPSA) is 49.4 Å². The highest BCUT2D eigenvalue weighted by atomic mass is 79.9. The van der Waals surface area contributed by atoms with Crippen LogP contribution in [0.3, 0.4) is 0 Å². The van der Waals surface area contributed by atoms with Gasteiger partial charge in [-0.2, -0.15) is 0 Å². The summed E-state index contributed by atoms with van der Waals surface area (Å²) in [7, 11) is 1.61. The highest BCUT2D eigenvalue weighted by Gasteiger charge is 2.12. The maximum absolute atomic E-state index is 12.2. The number of nitrogens with one attached hydrogen (secondary N) is 1. The van der Waals surface area contributed by atoms with Gasteiger partial charge in [-0.1, -0.05) is 18.2 Å². The standard InChI is InChI=1S/C18H19BrN2O2S/c1-12-5-4-6-13(2)18(12)20-16(22)11-21(3)17(23)10-8-14-7-9-15(19)24-14/h4-10H,11H2,1-3H3,(H,20,22)/b10-8+. The van der Waals surface area contributed by atoms with Crippen LogP contribution in [0.25, 0.3) is 6.08 Å². The van der Waals surface area contributed by atoms with Crippen LogP contribution < -0.4 is 5.32 Å². The molecule has 0 saturated heterocycles. The predicted molar refractivity (Wildman–Crippen MR) is 103 cm³/mol. The third kappa shape index (κ3) is 5.04. The van der Waals surface area contributed by atoms with Crippen LogP contribution >= 0.6 is 27.3 Å². The fourth-order valence-electron chi connectivity index (χ4n) is 2.18. The number of carbonyl (C=O) groups excluding carboxylic acids is 2. The Balaban J connectivity index is 1.93. The van der Waals surface area contributed by atoms with E-state index >= 15 is 0 Å². The summed E-state index contributed by atoms with van der Waals surface area (Å²) in [4.78, 5) is 26.6. The number of rotatable bonds is 5. The van der Waals surface area contributed by atoms with Gasteiger partial charge in [-0.05, 0) is 59.1 Å². The lowest BCUT2D eigenvalue weighted by Gasteiger charge is -2.16. The average molecular weight is 407 g/mol. The van der Waals surface area contributed by atoms with E-state index in [-0.39, 0.29) is 18.4 Å². The largest absolute Gasteiger partial charge is 0.333 e. The summed E-state index contributed by atoms with van der Waals surface area (Å²) in [6.45, 7) is 3.89. The van der Waals surface area contributed by atoms with E-state index in [1.807, 2.05) is 44.2 Å². The molecule has 0 atom stereocenters. The number of nitrogens with zero attached hydrogens (tertiary/aromatic N) is 1. The Hall–Kier alpha value is -1.92. The van der Waals surface area contributed by atoms with Crippen molar-refractivity contribution in [1.29, 1.82) is 0 Å². The van der Waals surface area contributed by atoms with Crippen molar-refractivity contribution >= 4 is 50.8 Å². The Morgan fingerprint density at radius 3 is 2.46 bits per heavy atom. The fourth-order valence-corrected chi connectivity index (χ4v) is 3.51. The first kappa shape index (κ1) is 18.4. The maximum Gasteiger partial charge on any atom is 0.246 e. The van der Waals surface area contributed by atoms with E-state index in [1.54, 1.807) is 24.5 Å². The van der Waals surface area contributed by atoms with Gasteiger partial charge in [0.05, 0.1) is 10.3 Å². The lowest BCUT2D eigenvalue weighted by Crippen LogP contribution is -2.34. The number of carbonyl (C=O) groups is 2. The molecular weight excluding hydrogens is 388 g/mol. The first-order valence-electron chi connectivity index (χ1n) is 7.41. The number of halogens is 1. The number of hydrogen-bond acceptors (Lipinski definition) is 3. The highest BCUT2D eigenvalue weighted by Crippen LogP contribution is 2.23. The minimum Gasteiger partial charge on any atom is -0.333 e. The molecule has 0 aliphatic carbocycles. The Bertz CT molecular complexity index is 763. The number of para-hydroxylation sites is 1. The molecule has 4 nitrogen and oxygen atoms in total. The van der Waals surface area contributed by atoms with E-state index in [0.717, 1.165) is 25.5 Å². The Kier molecular flexibility index (Phi) is 6.34. The Morgan fingerprint density at radius 1 is 1.21 bits per heavy atom. The van der Waals surface area contributed by atoms with E-state index in [4.69, 9.17) is 0 Å². The van der Waals surface area contributed by atoms with Crippen molar-refractivity contribution in [3.05, 3.63) is 56.2 Å². The maximum atomic E-state index is 12.2. The number of amides is 2. The van der Waals surface area contributed by atoms with Gasteiger partial charge >= 0.3 is 0 Å². The van der Waals surface area contributed by atoms with Crippen LogP contribution in [0, 0.1) is 13.8 Å². The van der Waals surface area contributed by atoms with Crippen molar-refractivity contribution in [1.82, 2.24) is 4.90 Å². The number of hydrogen-bond donors (Lipinski definition) is 1. The zero-order chi connectivity index (χ0) is 17.7. The van der Waals surface area contributed by atoms with Crippen molar-refractivity contribution in [2.45, 2.75) is 13.8 Å². The van der Waals surface area contributed by atoms with Gasteiger partial charge in [0.15, 0.2) is 0 Å². The van der Waals surface area contributed by atoms with Crippen molar-refractivity contribution in [2.75, 3.05) is 18.9 Å². The fraction of sp³-hybridized carbons (Fsp3) is 0.222. The lowest BCUT2D eigenvalue weighted by molar-refractivity contribution is -0.129. The molecular formula is C18H19BrN2O2S. The minimum atomic E-state index is -0.212. The summed E-state index contributed by atoms with van der Waals surface area (Å²) >= 11 is 4.92. The molecule has 24 heavy (non-hydrogen) atoms. The predicted octanol–water partition coefficient (Wildman–Crippen LogP) is 4.24. The van der Waals surface area contributed by atoms with Crippen LogP contribution in [0.1, 0.15) is 16.0 Å². The quantitative estimate of drug-likeness (QED) is 0.754. The van der Waals surface area contributed by atoms with Crippen LogP contribution in [0.2, 0.25) is 0 Å². The molecule has 0 fully saturated rings. The molecule has 2 aromatic rings. The van der Waals surface area contributed by atoms with Crippen molar-refractivity contribution in [3.63, 3.8) is 0 Å². The molecule has 6 heteroatoms. The van der Waals surface area contributed by atoms with Gasteiger partial charge in [0.2, 0.25) is 11.8 Å². The molecule has 0 unspecified atom stereocenters. The third-order valence-corrected chi connectivity index (χ3v) is 5.08. The third-order valence-electron chi connectivity index (χ3n) is 3.49. The smallest absolute Gasteiger partial charge is 0.246 e. The molecule has 0 aliphatic rings. The summed E-state index contributed by atoms with van der Waals surface area (Å²) in [6.07, 6.45) is 3.22. The number of benzene rings is 1. The zero-order valence-corrected chi connectivity index (χ0v) is 16.2. The number of anilines is 1. The van der Waals surface area contributed by atoms with Crippen LogP contribution in [0.15, 0.2) is 40.2 Å². The molecule has 1 N–H and O–H groups in total. The van der Waals surface area contributed by atoms with Gasteiger partial charge in [-0.3, -0.25) is 9.59 Å². The van der Waals surface area contributed by atoms with E-state index < -0.39 is 0 Å². The molecule has 0 bridgehead atoms. The molecule has 0 aliphatic heterocycles. The van der Waals surface area contributed by atoms with E-state index in [0.29, 0.717) is 0 Å². The van der Waals surface area contributed by atoms with Gasteiger partial charge < -0.3 is 10.2 Å². The molecule has 126 valence electrons. The second kappa shape index (κ2) is 8.26. The Morgan fingerprint density at radius 2 is 1.88 bits per heavy atom. The summed E-state index contributed by atoms with van der Waals surface area (Å²) in [5.41, 5.74) is 2.81. The average Bonchev–Trinajstić information content (AvgIpc) is 2.94. The lowest BCUT2D eigenvalue weighted by atomic mass is 10.1. The number of aryl methyl sites for hydroxylation is 2. The highest BCUT2D eigenvalue weighted by molar-refractivity contribution is 9.11. The van der Waals surface area contributed by atoms with Crippen molar-refractivity contribution < 1.29 is 9.59 Å². The molecule has 2 rings (SSSR count). The van der Waals surface area contributed by atoms with Gasteiger partial charge in [-0.25, -0.2) is 0 Å². The van der Waals surface area contributed by atoms with Gasteiger partial charge in [-0.15, -0.1) is 11.3 Å². The summed E-state index contributed by atoms with van der Waals surface area (Å²) in [6, 6.07) is 9.69. The van der Waals surface area contributed by atoms with Crippen LogP contribution in [-0.2, 0) is 9.59 Å². The number of thiophene rings is 1. The summed E-state index contributed by atoms with van der Waals surface area (Å²) < 4.78 is 1.01. The zero-order valence-electron chi connectivity index (χ0n) is 13.8. The van der Waals surface area contributed by atoms with E-state index in [2.05, 4.69) is 21.2 Å². The van der Waals surface area contributed by atoms with Gasteiger partial charge in [0.25, 0.3) is 0 Å². The van der Waals surface area contributed by atoms with Crippen LogP contribution in [0.5, 0.6) is 0 Å². The Labute approximate surface area is 154 Å². The molecule has 0 spiro atoms. The van der Waals surface area contributed by atoms with Gasteiger partial charge in [0, 0.05) is 23.7 Å². The molecule has 1 heterocycles. The SMILES string of the molecule is Cc1cccc(C)c1NC(=O)CN(C)C(=O)/C=C/c1ccc(Br)s1.